The van der Waals surface area contributed by atoms with Gasteiger partial charge in [-0.15, -0.1) is 15.7 Å². The minimum absolute atomic E-state index is 0.0683. The number of rotatable bonds is 4. The van der Waals surface area contributed by atoms with E-state index < -0.39 is 10.0 Å². The van der Waals surface area contributed by atoms with Crippen molar-refractivity contribution in [2.45, 2.75) is 13.3 Å². The number of aromatic nitrogens is 1. The van der Waals surface area contributed by atoms with Gasteiger partial charge in [-0.1, -0.05) is 28.1 Å². The van der Waals surface area contributed by atoms with Crippen LogP contribution in [0.15, 0.2) is 57.2 Å². The summed E-state index contributed by atoms with van der Waals surface area (Å²) >= 11 is 4.93. The Kier molecular flexibility index (Phi) is 5.41. The number of amidine groups is 1. The van der Waals surface area contributed by atoms with Crippen molar-refractivity contribution in [2.75, 3.05) is 17.6 Å². The van der Waals surface area contributed by atoms with E-state index in [-0.39, 0.29) is 18.2 Å². The number of carbonyl (C=O) groups is 1. The molecule has 0 aliphatic carbocycles. The second-order valence-corrected chi connectivity index (χ2v) is 10.4. The normalized spacial score (nSPS) is 17.4. The summed E-state index contributed by atoms with van der Waals surface area (Å²) in [5.41, 5.74) is 2.77. The molecule has 0 saturated carbocycles. The Morgan fingerprint density at radius 1 is 1.34 bits per heavy atom. The number of halogens is 1. The van der Waals surface area contributed by atoms with Crippen LogP contribution in [-0.2, 0) is 21.2 Å². The van der Waals surface area contributed by atoms with Crippen LogP contribution in [0.1, 0.15) is 16.0 Å². The number of hydrogen-bond acceptors (Lipinski definition) is 6. The van der Waals surface area contributed by atoms with Crippen LogP contribution in [0.3, 0.4) is 0 Å². The third kappa shape index (κ3) is 4.65. The number of fused-ring (bicyclic) bond motifs is 1. The first-order chi connectivity index (χ1) is 13.8. The Morgan fingerprint density at radius 2 is 2.17 bits per heavy atom. The lowest BCUT2D eigenvalue weighted by Gasteiger charge is -2.26. The molecule has 0 radical (unpaired) electrons. The van der Waals surface area contributed by atoms with Gasteiger partial charge in [0, 0.05) is 34.7 Å². The summed E-state index contributed by atoms with van der Waals surface area (Å²) in [6.07, 6.45) is 7.22. The Bertz CT molecular complexity index is 1180. The standard InChI is InChI=1S/C19H17BrN4O3S2/c1-12-8-13(2-4-16(12)20)9-15-10-21-19(28-15)22-18(25)14-3-5-17-23-29(26,27)7-6-24(17)11-14/h2-5,8,10-11H,6-7,9H2,1H3,(H,21,22,25). The molecule has 10 heteroatoms. The highest BCUT2D eigenvalue weighted by Crippen LogP contribution is 2.25. The molecule has 150 valence electrons. The lowest BCUT2D eigenvalue weighted by Crippen LogP contribution is -2.37. The van der Waals surface area contributed by atoms with Crippen molar-refractivity contribution in [3.63, 3.8) is 0 Å². The van der Waals surface area contributed by atoms with Crippen molar-refractivity contribution in [1.29, 1.82) is 0 Å². The van der Waals surface area contributed by atoms with Crippen molar-refractivity contribution < 1.29 is 13.2 Å². The Morgan fingerprint density at radius 3 is 2.97 bits per heavy atom. The van der Waals surface area contributed by atoms with Gasteiger partial charge in [-0.05, 0) is 36.3 Å². The molecule has 2 aliphatic heterocycles. The number of hydrogen-bond donors (Lipinski definition) is 1. The highest BCUT2D eigenvalue weighted by molar-refractivity contribution is 9.10. The fourth-order valence-corrected chi connectivity index (χ4v) is 5.03. The second kappa shape index (κ2) is 7.85. The minimum atomic E-state index is -3.41. The molecule has 0 bridgehead atoms. The molecule has 4 rings (SSSR count). The quantitative estimate of drug-likeness (QED) is 0.706. The van der Waals surface area contributed by atoms with Crippen molar-refractivity contribution in [2.24, 2.45) is 4.40 Å². The molecule has 1 N–H and O–H groups in total. The van der Waals surface area contributed by atoms with Crippen molar-refractivity contribution >= 4 is 54.2 Å². The molecule has 7 nitrogen and oxygen atoms in total. The number of carbonyl (C=O) groups excluding carboxylic acids is 1. The monoisotopic (exact) mass is 492 g/mol. The SMILES string of the molecule is Cc1cc(Cc2cnc(NC(=O)C3=CN4CCS(=O)(=O)N=C4C=C3)s2)ccc1Br. The molecule has 0 atom stereocenters. The van der Waals surface area contributed by atoms with Crippen molar-refractivity contribution in [3.8, 4) is 0 Å². The lowest BCUT2D eigenvalue weighted by molar-refractivity contribution is -0.112. The molecule has 0 saturated heterocycles. The number of nitrogens with zero attached hydrogens (tertiary/aromatic N) is 3. The zero-order chi connectivity index (χ0) is 20.6. The number of nitrogens with one attached hydrogen (secondary N) is 1. The largest absolute Gasteiger partial charge is 0.330 e. The molecule has 3 heterocycles. The number of anilines is 1. The molecular formula is C19H17BrN4O3S2. The Labute approximate surface area is 181 Å². The van der Waals surface area contributed by atoms with Crippen LogP contribution < -0.4 is 5.32 Å². The highest BCUT2D eigenvalue weighted by atomic mass is 79.9. The maximum absolute atomic E-state index is 12.6. The molecule has 0 spiro atoms. The molecular weight excluding hydrogens is 476 g/mol. The van der Waals surface area contributed by atoms with Gasteiger partial charge < -0.3 is 4.90 Å². The minimum Gasteiger partial charge on any atom is -0.330 e. The van der Waals surface area contributed by atoms with Gasteiger partial charge in [0.15, 0.2) is 5.13 Å². The van der Waals surface area contributed by atoms with E-state index >= 15 is 0 Å². The van der Waals surface area contributed by atoms with Crippen LogP contribution in [0.4, 0.5) is 5.13 Å². The number of thiazole rings is 1. The smallest absolute Gasteiger partial charge is 0.258 e. The van der Waals surface area contributed by atoms with Gasteiger partial charge in [-0.3, -0.25) is 10.1 Å². The molecule has 1 amide bonds. The predicted molar refractivity (Wildman–Crippen MR) is 118 cm³/mol. The molecule has 29 heavy (non-hydrogen) atoms. The first kappa shape index (κ1) is 20.0. The Hall–Kier alpha value is -2.30. The summed E-state index contributed by atoms with van der Waals surface area (Å²) in [5, 5.41) is 3.33. The van der Waals surface area contributed by atoms with Crippen molar-refractivity contribution in [3.05, 3.63) is 68.8 Å². The van der Waals surface area contributed by atoms with E-state index in [4.69, 9.17) is 0 Å². The molecule has 1 aromatic carbocycles. The second-order valence-electron chi connectivity index (χ2n) is 6.69. The van der Waals surface area contributed by atoms with E-state index in [1.807, 2.05) is 13.0 Å². The fraction of sp³-hybridized carbons (Fsp3) is 0.211. The van der Waals surface area contributed by atoms with E-state index in [1.54, 1.807) is 23.4 Å². The summed E-state index contributed by atoms with van der Waals surface area (Å²) in [6.45, 7) is 2.32. The average Bonchev–Trinajstić information content (AvgIpc) is 3.10. The van der Waals surface area contributed by atoms with Gasteiger partial charge in [-0.25, -0.2) is 13.4 Å². The summed E-state index contributed by atoms with van der Waals surface area (Å²) in [5.74, 6) is -0.0376. The van der Waals surface area contributed by atoms with Gasteiger partial charge in [0.1, 0.15) is 5.84 Å². The average molecular weight is 493 g/mol. The predicted octanol–water partition coefficient (Wildman–Crippen LogP) is 3.24. The zero-order valence-electron chi connectivity index (χ0n) is 15.4. The summed E-state index contributed by atoms with van der Waals surface area (Å²) in [4.78, 5) is 19.6. The van der Waals surface area contributed by atoms with Gasteiger partial charge in [0.25, 0.3) is 15.9 Å². The van der Waals surface area contributed by atoms with E-state index in [2.05, 4.69) is 42.8 Å². The van der Waals surface area contributed by atoms with Crippen LogP contribution in [0.25, 0.3) is 0 Å². The molecule has 2 aromatic rings. The first-order valence-corrected chi connectivity index (χ1v) is 12.0. The molecule has 1 aromatic heterocycles. The maximum Gasteiger partial charge on any atom is 0.258 e. The topological polar surface area (TPSA) is 91.7 Å². The molecule has 2 aliphatic rings. The van der Waals surface area contributed by atoms with E-state index in [0.29, 0.717) is 16.5 Å². The van der Waals surface area contributed by atoms with E-state index in [1.165, 1.54) is 28.5 Å². The van der Waals surface area contributed by atoms with Crippen LogP contribution >= 0.6 is 27.3 Å². The third-order valence-electron chi connectivity index (χ3n) is 4.46. The lowest BCUT2D eigenvalue weighted by atomic mass is 10.1. The van der Waals surface area contributed by atoms with Gasteiger partial charge in [0.2, 0.25) is 0 Å². The van der Waals surface area contributed by atoms with Gasteiger partial charge >= 0.3 is 0 Å². The van der Waals surface area contributed by atoms with E-state index in [0.717, 1.165) is 15.8 Å². The number of amides is 1. The molecule has 0 unspecified atom stereocenters. The first-order valence-electron chi connectivity index (χ1n) is 8.79. The number of sulfonamides is 1. The van der Waals surface area contributed by atoms with Crippen LogP contribution in [0.5, 0.6) is 0 Å². The van der Waals surface area contributed by atoms with Crippen molar-refractivity contribution in [1.82, 2.24) is 9.88 Å². The zero-order valence-corrected chi connectivity index (χ0v) is 18.6. The summed E-state index contributed by atoms with van der Waals surface area (Å²) in [6, 6.07) is 6.21. The van der Waals surface area contributed by atoms with Crippen LogP contribution in [0.2, 0.25) is 0 Å². The van der Waals surface area contributed by atoms with Gasteiger partial charge in [-0.2, -0.15) is 0 Å². The summed E-state index contributed by atoms with van der Waals surface area (Å²) in [7, 11) is -3.41. The summed E-state index contributed by atoms with van der Waals surface area (Å²) < 4.78 is 27.9. The Balaban J connectivity index is 1.43. The van der Waals surface area contributed by atoms with E-state index in [9.17, 15) is 13.2 Å². The fourth-order valence-electron chi connectivity index (χ4n) is 2.97. The highest BCUT2D eigenvalue weighted by Gasteiger charge is 2.25. The maximum atomic E-state index is 12.6. The third-order valence-corrected chi connectivity index (χ3v) is 7.43. The molecule has 0 fully saturated rings. The number of aryl methyl sites for hydroxylation is 1. The number of benzene rings is 1. The van der Waals surface area contributed by atoms with Gasteiger partial charge in [0.05, 0.1) is 11.3 Å². The van der Waals surface area contributed by atoms with Crippen LogP contribution in [0, 0.1) is 6.92 Å². The van der Waals surface area contributed by atoms with Crippen LogP contribution in [-0.4, -0.2) is 42.3 Å².